The first-order valence-electron chi connectivity index (χ1n) is 8.57. The number of nitrogens with zero attached hydrogens (tertiary/aromatic N) is 2. The number of ether oxygens (including phenoxy) is 1. The van der Waals surface area contributed by atoms with Crippen LogP contribution in [-0.2, 0) is 6.54 Å². The molecule has 1 fully saturated rings. The predicted octanol–water partition coefficient (Wildman–Crippen LogP) is 2.55. The molecule has 1 N–H and O–H groups in total. The third-order valence-corrected chi connectivity index (χ3v) is 4.63. The van der Waals surface area contributed by atoms with Crippen molar-refractivity contribution in [3.63, 3.8) is 0 Å². The Morgan fingerprint density at radius 1 is 1.04 bits per heavy atom. The van der Waals surface area contributed by atoms with Gasteiger partial charge in [0.1, 0.15) is 12.4 Å². The maximum atomic E-state index is 8.99. The summed E-state index contributed by atoms with van der Waals surface area (Å²) in [5.74, 6) is 0.877. The molecule has 1 aliphatic rings. The molecule has 0 amide bonds. The zero-order chi connectivity index (χ0) is 16.8. The lowest BCUT2D eigenvalue weighted by molar-refractivity contribution is 0.0894. The molecule has 128 valence electrons. The highest BCUT2D eigenvalue weighted by Gasteiger charge is 2.25. The van der Waals surface area contributed by atoms with E-state index in [-0.39, 0.29) is 6.61 Å². The van der Waals surface area contributed by atoms with Gasteiger partial charge in [0.05, 0.1) is 6.61 Å². The van der Waals surface area contributed by atoms with Crippen LogP contribution in [0.3, 0.4) is 0 Å². The first-order chi connectivity index (χ1) is 11.8. The molecule has 1 saturated heterocycles. The summed E-state index contributed by atoms with van der Waals surface area (Å²) in [4.78, 5) is 4.92. The molecule has 1 heterocycles. The summed E-state index contributed by atoms with van der Waals surface area (Å²) in [6, 6.07) is 19.3. The van der Waals surface area contributed by atoms with E-state index >= 15 is 0 Å². The number of piperazine rings is 1. The molecule has 2 aromatic rings. The number of hydrogen-bond acceptors (Lipinski definition) is 4. The van der Waals surface area contributed by atoms with Crippen LogP contribution < -0.4 is 4.74 Å². The third kappa shape index (κ3) is 4.15. The number of likely N-dealkylation sites (N-methyl/N-ethyl adjacent to an activating group) is 1. The van der Waals surface area contributed by atoms with E-state index in [2.05, 4.69) is 53.2 Å². The van der Waals surface area contributed by atoms with Crippen molar-refractivity contribution in [1.29, 1.82) is 0 Å². The summed E-state index contributed by atoms with van der Waals surface area (Å²) in [5.41, 5.74) is 2.55. The fourth-order valence-corrected chi connectivity index (χ4v) is 3.28. The fraction of sp³-hybridized carbons (Fsp3) is 0.400. The van der Waals surface area contributed by atoms with Crippen LogP contribution >= 0.6 is 0 Å². The second kappa shape index (κ2) is 8.29. The van der Waals surface area contributed by atoms with Gasteiger partial charge in [-0.2, -0.15) is 0 Å². The van der Waals surface area contributed by atoms with Crippen LogP contribution in [0.5, 0.6) is 5.75 Å². The van der Waals surface area contributed by atoms with E-state index in [1.165, 1.54) is 11.1 Å². The molecule has 1 aliphatic heterocycles. The molecule has 0 bridgehead atoms. The Labute approximate surface area is 144 Å². The van der Waals surface area contributed by atoms with Gasteiger partial charge >= 0.3 is 0 Å². The van der Waals surface area contributed by atoms with Crippen molar-refractivity contribution >= 4 is 0 Å². The van der Waals surface area contributed by atoms with Gasteiger partial charge in [-0.25, -0.2) is 0 Å². The van der Waals surface area contributed by atoms with Crippen LogP contribution in [0.15, 0.2) is 54.6 Å². The van der Waals surface area contributed by atoms with Gasteiger partial charge in [0, 0.05) is 37.8 Å². The summed E-state index contributed by atoms with van der Waals surface area (Å²) >= 11 is 0. The molecular formula is C20H26N2O2. The highest BCUT2D eigenvalue weighted by molar-refractivity contribution is 5.33. The highest BCUT2D eigenvalue weighted by Crippen LogP contribution is 2.26. The van der Waals surface area contributed by atoms with E-state index in [1.807, 2.05) is 18.2 Å². The van der Waals surface area contributed by atoms with Crippen molar-refractivity contribution in [3.8, 4) is 5.75 Å². The predicted molar refractivity (Wildman–Crippen MR) is 96.1 cm³/mol. The lowest BCUT2D eigenvalue weighted by atomic mass is 10.0. The third-order valence-electron chi connectivity index (χ3n) is 4.63. The number of benzene rings is 2. The Bertz CT molecular complexity index is 633. The lowest BCUT2D eigenvalue weighted by Crippen LogP contribution is -2.46. The van der Waals surface area contributed by atoms with Crippen LogP contribution in [0.2, 0.25) is 0 Å². The van der Waals surface area contributed by atoms with Gasteiger partial charge in [-0.3, -0.25) is 9.80 Å². The van der Waals surface area contributed by atoms with E-state index in [1.54, 1.807) is 0 Å². The highest BCUT2D eigenvalue weighted by atomic mass is 16.5. The summed E-state index contributed by atoms with van der Waals surface area (Å²) in [5, 5.41) is 8.99. The van der Waals surface area contributed by atoms with Gasteiger partial charge < -0.3 is 9.84 Å². The van der Waals surface area contributed by atoms with Gasteiger partial charge in [-0.15, -0.1) is 0 Å². The van der Waals surface area contributed by atoms with Crippen molar-refractivity contribution in [2.24, 2.45) is 0 Å². The maximum absolute atomic E-state index is 8.99. The molecule has 3 rings (SSSR count). The van der Waals surface area contributed by atoms with Crippen molar-refractivity contribution in [1.82, 2.24) is 9.80 Å². The molecule has 0 spiro atoms. The molecule has 0 aromatic heterocycles. The van der Waals surface area contributed by atoms with Crippen LogP contribution in [0.1, 0.15) is 17.2 Å². The summed E-state index contributed by atoms with van der Waals surface area (Å²) in [6.45, 7) is 4.37. The van der Waals surface area contributed by atoms with Crippen LogP contribution in [0.25, 0.3) is 0 Å². The van der Waals surface area contributed by atoms with Gasteiger partial charge in [0.25, 0.3) is 0 Å². The largest absolute Gasteiger partial charge is 0.491 e. The molecule has 0 unspecified atom stereocenters. The quantitative estimate of drug-likeness (QED) is 0.885. The summed E-state index contributed by atoms with van der Waals surface area (Å²) in [6.07, 6.45) is 0. The van der Waals surface area contributed by atoms with Gasteiger partial charge in [0.2, 0.25) is 0 Å². The number of hydrogen-bond donors (Lipinski definition) is 1. The molecule has 4 nitrogen and oxygen atoms in total. The Morgan fingerprint density at radius 2 is 1.79 bits per heavy atom. The van der Waals surface area contributed by atoms with Crippen LogP contribution in [-0.4, -0.2) is 54.8 Å². The molecule has 2 aromatic carbocycles. The van der Waals surface area contributed by atoms with E-state index in [4.69, 9.17) is 9.84 Å². The molecule has 4 heteroatoms. The second-order valence-corrected chi connectivity index (χ2v) is 6.32. The van der Waals surface area contributed by atoms with E-state index in [0.29, 0.717) is 12.6 Å². The average molecular weight is 326 g/mol. The van der Waals surface area contributed by atoms with Crippen molar-refractivity contribution < 1.29 is 9.84 Å². The SMILES string of the molecule is CN1CCN(Cc2ccccc2OCCO)C[C@@H]1c1ccccc1. The number of aliphatic hydroxyl groups is 1. The summed E-state index contributed by atoms with van der Waals surface area (Å²) < 4.78 is 5.67. The topological polar surface area (TPSA) is 35.9 Å². The first-order valence-corrected chi connectivity index (χ1v) is 8.57. The molecular weight excluding hydrogens is 300 g/mol. The van der Waals surface area contributed by atoms with Crippen molar-refractivity contribution in [2.75, 3.05) is 39.9 Å². The second-order valence-electron chi connectivity index (χ2n) is 6.32. The van der Waals surface area contributed by atoms with Crippen molar-refractivity contribution in [2.45, 2.75) is 12.6 Å². The minimum Gasteiger partial charge on any atom is -0.491 e. The fourth-order valence-electron chi connectivity index (χ4n) is 3.28. The molecule has 0 saturated carbocycles. The molecule has 0 radical (unpaired) electrons. The van der Waals surface area contributed by atoms with Crippen LogP contribution in [0.4, 0.5) is 0 Å². The lowest BCUT2D eigenvalue weighted by Gasteiger charge is -2.40. The number of para-hydroxylation sites is 1. The maximum Gasteiger partial charge on any atom is 0.123 e. The Balaban J connectivity index is 1.70. The average Bonchev–Trinajstić information content (AvgIpc) is 2.63. The number of rotatable bonds is 6. The first kappa shape index (κ1) is 17.0. The minimum absolute atomic E-state index is 0.0406. The van der Waals surface area contributed by atoms with E-state index in [9.17, 15) is 0 Å². The summed E-state index contributed by atoms with van der Waals surface area (Å²) in [7, 11) is 2.20. The van der Waals surface area contributed by atoms with Crippen molar-refractivity contribution in [3.05, 3.63) is 65.7 Å². The molecule has 24 heavy (non-hydrogen) atoms. The monoisotopic (exact) mass is 326 g/mol. The zero-order valence-corrected chi connectivity index (χ0v) is 14.3. The Hall–Kier alpha value is -1.88. The van der Waals surface area contributed by atoms with Crippen LogP contribution in [0, 0.1) is 0 Å². The van der Waals surface area contributed by atoms with E-state index < -0.39 is 0 Å². The standard InChI is InChI=1S/C20H26N2O2/c1-21-11-12-22(16-19(21)17-7-3-2-4-8-17)15-18-9-5-6-10-20(18)24-14-13-23/h2-10,19,23H,11-16H2,1H3/t19-/m1/s1. The molecule has 0 aliphatic carbocycles. The van der Waals surface area contributed by atoms with Gasteiger partial charge in [0.15, 0.2) is 0 Å². The zero-order valence-electron chi connectivity index (χ0n) is 14.3. The Morgan fingerprint density at radius 3 is 2.58 bits per heavy atom. The van der Waals surface area contributed by atoms with E-state index in [0.717, 1.165) is 31.9 Å². The normalized spacial score (nSPS) is 19.3. The molecule has 1 atom stereocenters. The minimum atomic E-state index is 0.0406. The number of aliphatic hydroxyl groups excluding tert-OH is 1. The van der Waals surface area contributed by atoms with Gasteiger partial charge in [-0.05, 0) is 18.7 Å². The smallest absolute Gasteiger partial charge is 0.123 e. The Kier molecular flexibility index (Phi) is 5.86. The van der Waals surface area contributed by atoms with Gasteiger partial charge in [-0.1, -0.05) is 48.5 Å².